The predicted octanol–water partition coefficient (Wildman–Crippen LogP) is 1.87. The second-order valence-corrected chi connectivity index (χ2v) is 9.18. The van der Waals surface area contributed by atoms with Gasteiger partial charge in [-0.3, -0.25) is 4.90 Å². The first-order valence-electron chi connectivity index (χ1n) is 10.1. The highest BCUT2D eigenvalue weighted by Gasteiger charge is 2.30. The van der Waals surface area contributed by atoms with Crippen molar-refractivity contribution >= 4 is 22.5 Å². The fourth-order valence-corrected chi connectivity index (χ4v) is 4.11. The molecule has 5 N–H and O–H groups in total. The van der Waals surface area contributed by atoms with Crippen molar-refractivity contribution in [2.45, 2.75) is 45.3 Å². The van der Waals surface area contributed by atoms with Crippen LogP contribution in [0.4, 0.5) is 5.69 Å². The molecule has 0 radical (unpaired) electrons. The van der Waals surface area contributed by atoms with Crippen molar-refractivity contribution in [3.8, 4) is 5.75 Å². The van der Waals surface area contributed by atoms with E-state index in [0.29, 0.717) is 41.2 Å². The number of hydrogen-bond acceptors (Lipinski definition) is 5. The summed E-state index contributed by atoms with van der Waals surface area (Å²) in [5, 5.41) is 10.5. The lowest BCUT2D eigenvalue weighted by Gasteiger charge is -2.36. The second kappa shape index (κ2) is 9.71. The number of nitrogen functional groups attached to an aromatic ring is 1. The van der Waals surface area contributed by atoms with Gasteiger partial charge >= 0.3 is 0 Å². The molecule has 1 aromatic rings. The average molecular weight is 409 g/mol. The molecule has 1 aliphatic heterocycles. The third-order valence-corrected chi connectivity index (χ3v) is 6.34. The first-order valence-corrected chi connectivity index (χ1v) is 11.4. The molecule has 1 saturated heterocycles. The Labute approximate surface area is 169 Å². The summed E-state index contributed by atoms with van der Waals surface area (Å²) in [4.78, 5) is 2.18. The highest BCUT2D eigenvalue weighted by atomic mass is 32.2. The molecule has 8 heteroatoms. The van der Waals surface area contributed by atoms with Crippen molar-refractivity contribution in [2.24, 2.45) is 22.0 Å². The number of hydrogen-bond donors (Lipinski definition) is 3. The van der Waals surface area contributed by atoms with Crippen LogP contribution in [0.3, 0.4) is 0 Å². The van der Waals surface area contributed by atoms with Gasteiger partial charge < -0.3 is 21.3 Å². The molecular formula is C20H32N4O3S. The minimum atomic E-state index is -1.38. The number of rotatable bonds is 9. The zero-order chi connectivity index (χ0) is 20.1. The Morgan fingerprint density at radius 2 is 2.18 bits per heavy atom. The van der Waals surface area contributed by atoms with Crippen LogP contribution in [0, 0.1) is 11.8 Å². The maximum Gasteiger partial charge on any atom is 0.147 e. The number of nitrogens with two attached hydrogens (primary N) is 2. The Morgan fingerprint density at radius 1 is 1.39 bits per heavy atom. The lowest BCUT2D eigenvalue weighted by Crippen LogP contribution is -2.44. The monoisotopic (exact) mass is 408 g/mol. The van der Waals surface area contributed by atoms with Crippen LogP contribution in [0.1, 0.15) is 44.6 Å². The van der Waals surface area contributed by atoms with Gasteiger partial charge in [-0.2, -0.15) is 4.40 Å². The summed E-state index contributed by atoms with van der Waals surface area (Å²) < 4.78 is 21.8. The molecule has 3 rings (SSSR count). The van der Waals surface area contributed by atoms with Crippen molar-refractivity contribution < 1.29 is 14.1 Å². The summed E-state index contributed by atoms with van der Waals surface area (Å²) >= 11 is 0. The van der Waals surface area contributed by atoms with Gasteiger partial charge in [0.25, 0.3) is 0 Å². The highest BCUT2D eigenvalue weighted by molar-refractivity contribution is 7.83. The van der Waals surface area contributed by atoms with Crippen LogP contribution in [0.2, 0.25) is 0 Å². The van der Waals surface area contributed by atoms with E-state index < -0.39 is 11.0 Å². The van der Waals surface area contributed by atoms with Crippen molar-refractivity contribution in [2.75, 3.05) is 31.2 Å². The Bertz CT molecular complexity index is 723. The van der Waals surface area contributed by atoms with E-state index in [-0.39, 0.29) is 12.1 Å². The average Bonchev–Trinajstić information content (AvgIpc) is 3.50. The Morgan fingerprint density at radius 3 is 2.89 bits per heavy atom. The van der Waals surface area contributed by atoms with E-state index in [0.717, 1.165) is 32.4 Å². The van der Waals surface area contributed by atoms with Gasteiger partial charge in [0, 0.05) is 30.4 Å². The number of amidine groups is 1. The SMILES string of the molecule is CCS(=O)N=C(N)c1c(N)cccc1OC[C@H]1CCCN(C(O)CC2CC2)C1. The van der Waals surface area contributed by atoms with Crippen molar-refractivity contribution in [3.05, 3.63) is 23.8 Å². The molecule has 2 unspecified atom stereocenters. The summed E-state index contributed by atoms with van der Waals surface area (Å²) in [6.45, 7) is 4.07. The lowest BCUT2D eigenvalue weighted by atomic mass is 9.98. The minimum Gasteiger partial charge on any atom is -0.492 e. The van der Waals surface area contributed by atoms with Crippen molar-refractivity contribution in [3.63, 3.8) is 0 Å². The number of benzene rings is 1. The fraction of sp³-hybridized carbons (Fsp3) is 0.650. The number of aliphatic hydroxyl groups is 1. The van der Waals surface area contributed by atoms with Crippen LogP contribution < -0.4 is 16.2 Å². The van der Waals surface area contributed by atoms with Crippen LogP contribution in [0.5, 0.6) is 5.75 Å². The zero-order valence-corrected chi connectivity index (χ0v) is 17.4. The third-order valence-electron chi connectivity index (χ3n) is 5.45. The molecule has 1 aliphatic carbocycles. The normalized spacial score (nSPS) is 23.4. The van der Waals surface area contributed by atoms with Gasteiger partial charge in [0.1, 0.15) is 28.8 Å². The molecule has 0 bridgehead atoms. The number of nitrogens with zero attached hydrogens (tertiary/aromatic N) is 2. The molecule has 2 aliphatic rings. The molecule has 1 saturated carbocycles. The number of ether oxygens (including phenoxy) is 1. The maximum absolute atomic E-state index is 11.7. The van der Waals surface area contributed by atoms with E-state index in [2.05, 4.69) is 9.30 Å². The molecular weight excluding hydrogens is 376 g/mol. The van der Waals surface area contributed by atoms with Crippen LogP contribution >= 0.6 is 0 Å². The largest absolute Gasteiger partial charge is 0.492 e. The predicted molar refractivity (Wildman–Crippen MR) is 113 cm³/mol. The molecule has 0 amide bonds. The first kappa shape index (κ1) is 21.1. The lowest BCUT2D eigenvalue weighted by molar-refractivity contribution is -0.0349. The van der Waals surface area contributed by atoms with Gasteiger partial charge in [-0.05, 0) is 37.3 Å². The van der Waals surface area contributed by atoms with Gasteiger partial charge in [0.2, 0.25) is 0 Å². The minimum absolute atomic E-state index is 0.137. The molecule has 3 atom stereocenters. The number of likely N-dealkylation sites (tertiary alicyclic amines) is 1. The van der Waals surface area contributed by atoms with Gasteiger partial charge in [-0.15, -0.1) is 0 Å². The Balaban J connectivity index is 1.63. The maximum atomic E-state index is 11.7. The van der Waals surface area contributed by atoms with Crippen LogP contribution in [0.25, 0.3) is 0 Å². The van der Waals surface area contributed by atoms with Crippen molar-refractivity contribution in [1.82, 2.24) is 4.90 Å². The van der Waals surface area contributed by atoms with E-state index >= 15 is 0 Å². The topological polar surface area (TPSA) is 114 Å². The standard InChI is InChI=1S/C20H32N4O3S/c1-2-28(26)23-20(22)19-16(21)6-3-7-17(19)27-13-15-5-4-10-24(12-15)18(25)11-14-8-9-14/h3,6-7,14-15,18,25H,2,4-5,8-13,21H2,1H3,(H2,22,23)/t15-,18?,28?/m0/s1. The number of anilines is 1. The molecule has 156 valence electrons. The first-order chi connectivity index (χ1) is 13.5. The third kappa shape index (κ3) is 5.68. The van der Waals surface area contributed by atoms with Gasteiger partial charge in [0.05, 0.1) is 12.2 Å². The van der Waals surface area contributed by atoms with E-state index in [1.165, 1.54) is 12.8 Å². The van der Waals surface area contributed by atoms with Gasteiger partial charge in [0.15, 0.2) is 0 Å². The zero-order valence-electron chi connectivity index (χ0n) is 16.5. The van der Waals surface area contributed by atoms with E-state index in [4.69, 9.17) is 16.2 Å². The van der Waals surface area contributed by atoms with Gasteiger partial charge in [-0.25, -0.2) is 4.21 Å². The van der Waals surface area contributed by atoms with Crippen LogP contribution in [0.15, 0.2) is 22.6 Å². The summed E-state index contributed by atoms with van der Waals surface area (Å²) in [5.74, 6) is 2.13. The molecule has 28 heavy (non-hydrogen) atoms. The fourth-order valence-electron chi connectivity index (χ4n) is 3.67. The van der Waals surface area contributed by atoms with Crippen molar-refractivity contribution in [1.29, 1.82) is 0 Å². The smallest absolute Gasteiger partial charge is 0.147 e. The number of aliphatic hydroxyl groups excluding tert-OH is 1. The highest BCUT2D eigenvalue weighted by Crippen LogP contribution is 2.35. The molecule has 7 nitrogen and oxygen atoms in total. The summed E-state index contributed by atoms with van der Waals surface area (Å²) in [6, 6.07) is 5.35. The van der Waals surface area contributed by atoms with Crippen LogP contribution in [-0.2, 0) is 11.0 Å². The molecule has 2 fully saturated rings. The molecule has 1 aromatic carbocycles. The van der Waals surface area contributed by atoms with Gasteiger partial charge in [-0.1, -0.05) is 25.8 Å². The molecule has 0 aromatic heterocycles. The molecule has 0 spiro atoms. The van der Waals surface area contributed by atoms with E-state index in [1.807, 2.05) is 12.1 Å². The summed E-state index contributed by atoms with van der Waals surface area (Å²) in [7, 11) is -1.38. The Kier molecular flexibility index (Phi) is 7.31. The second-order valence-electron chi connectivity index (χ2n) is 7.78. The quantitative estimate of drug-likeness (QED) is 0.326. The van der Waals surface area contributed by atoms with E-state index in [1.54, 1.807) is 13.0 Å². The molecule has 1 heterocycles. The Hall–Kier alpha value is -1.64. The summed E-state index contributed by atoms with van der Waals surface area (Å²) in [6.07, 6.45) is 5.16. The summed E-state index contributed by atoms with van der Waals surface area (Å²) in [5.41, 5.74) is 13.1. The number of piperidine rings is 1. The van der Waals surface area contributed by atoms with E-state index in [9.17, 15) is 9.32 Å². The van der Waals surface area contributed by atoms with Crippen LogP contribution in [-0.4, -0.2) is 51.7 Å².